The number of aryl methyl sites for hydroxylation is 1. The van der Waals surface area contributed by atoms with Gasteiger partial charge in [-0.05, 0) is 6.07 Å². The maximum absolute atomic E-state index is 12.0. The molecule has 0 radical (unpaired) electrons. The van der Waals surface area contributed by atoms with Crippen LogP contribution in [0.3, 0.4) is 0 Å². The van der Waals surface area contributed by atoms with Crippen molar-refractivity contribution >= 4 is 22.6 Å². The van der Waals surface area contributed by atoms with E-state index in [1.807, 2.05) is 24.0 Å². The maximum Gasteiger partial charge on any atom is 0.340 e. The molecule has 0 bridgehead atoms. The third-order valence-corrected chi connectivity index (χ3v) is 4.91. The number of hydrogen-bond acceptors (Lipinski definition) is 7. The van der Waals surface area contributed by atoms with E-state index in [1.54, 1.807) is 18.6 Å². The van der Waals surface area contributed by atoms with Crippen molar-refractivity contribution in [2.45, 2.75) is 6.54 Å². The van der Waals surface area contributed by atoms with Crippen LogP contribution in [0.5, 0.6) is 0 Å². The van der Waals surface area contributed by atoms with Gasteiger partial charge < -0.3 is 9.64 Å². The molecule has 3 aromatic heterocycles. The van der Waals surface area contributed by atoms with Crippen LogP contribution in [0.4, 0.5) is 5.82 Å². The molecular formula is C19H22N6O2. The summed E-state index contributed by atoms with van der Waals surface area (Å²) in [5.74, 6) is 0.485. The zero-order chi connectivity index (χ0) is 18.8. The number of fused-ring (bicyclic) bond motifs is 1. The lowest BCUT2D eigenvalue weighted by atomic mass is 10.1. The Hall–Kier alpha value is -3.00. The molecule has 0 amide bonds. The molecule has 8 nitrogen and oxygen atoms in total. The highest BCUT2D eigenvalue weighted by Crippen LogP contribution is 2.27. The van der Waals surface area contributed by atoms with Crippen LogP contribution in [0.1, 0.15) is 15.9 Å². The molecule has 1 saturated heterocycles. The van der Waals surface area contributed by atoms with Gasteiger partial charge in [0.1, 0.15) is 5.82 Å². The molecule has 0 spiro atoms. The largest absolute Gasteiger partial charge is 0.465 e. The number of aromatic nitrogens is 4. The van der Waals surface area contributed by atoms with Crippen molar-refractivity contribution in [3.8, 4) is 0 Å². The normalized spacial score (nSPS) is 15.3. The van der Waals surface area contributed by atoms with Crippen molar-refractivity contribution in [3.05, 3.63) is 48.2 Å². The van der Waals surface area contributed by atoms with Gasteiger partial charge in [-0.15, -0.1) is 0 Å². The fourth-order valence-electron chi connectivity index (χ4n) is 3.53. The van der Waals surface area contributed by atoms with Crippen LogP contribution in [-0.4, -0.2) is 63.9 Å². The molecule has 140 valence electrons. The first kappa shape index (κ1) is 17.4. The molecular weight excluding hydrogens is 344 g/mol. The third kappa shape index (κ3) is 3.48. The number of piperazine rings is 1. The summed E-state index contributed by atoms with van der Waals surface area (Å²) in [4.78, 5) is 25.5. The van der Waals surface area contributed by atoms with Gasteiger partial charge in [-0.3, -0.25) is 14.6 Å². The molecule has 8 heteroatoms. The Morgan fingerprint density at radius 2 is 1.96 bits per heavy atom. The van der Waals surface area contributed by atoms with Gasteiger partial charge in [0.2, 0.25) is 0 Å². The predicted molar refractivity (Wildman–Crippen MR) is 102 cm³/mol. The Morgan fingerprint density at radius 3 is 2.67 bits per heavy atom. The first-order valence-electron chi connectivity index (χ1n) is 8.91. The van der Waals surface area contributed by atoms with E-state index in [2.05, 4.69) is 31.1 Å². The lowest BCUT2D eigenvalue weighted by molar-refractivity contribution is 0.0602. The lowest BCUT2D eigenvalue weighted by Crippen LogP contribution is -2.46. The topological polar surface area (TPSA) is 76.4 Å². The minimum atomic E-state index is -0.383. The predicted octanol–water partition coefficient (Wildman–Crippen LogP) is 1.47. The van der Waals surface area contributed by atoms with Crippen molar-refractivity contribution in [1.29, 1.82) is 0 Å². The van der Waals surface area contributed by atoms with Crippen LogP contribution >= 0.6 is 0 Å². The van der Waals surface area contributed by atoms with Crippen molar-refractivity contribution < 1.29 is 9.53 Å². The number of carbonyl (C=O) groups is 1. The van der Waals surface area contributed by atoms with E-state index in [0.717, 1.165) is 49.3 Å². The highest BCUT2D eigenvalue weighted by Gasteiger charge is 2.21. The molecule has 1 aliphatic heterocycles. The van der Waals surface area contributed by atoms with Gasteiger partial charge in [0.25, 0.3) is 0 Å². The number of anilines is 1. The second-order valence-electron chi connectivity index (χ2n) is 6.69. The molecule has 27 heavy (non-hydrogen) atoms. The standard InChI is InChI=1S/C19H22N6O2/c1-23-12-14(9-22-23)13-24-5-7-25(8-6-24)18-16-10-20-11-17(19(26)27-2)15(16)3-4-21-18/h3-4,9-12H,5-8,13H2,1-2H3. The quantitative estimate of drug-likeness (QED) is 0.647. The summed E-state index contributed by atoms with van der Waals surface area (Å²) in [6.07, 6.45) is 9.03. The summed E-state index contributed by atoms with van der Waals surface area (Å²) in [7, 11) is 3.31. The molecule has 0 aromatic carbocycles. The number of rotatable bonds is 4. The zero-order valence-electron chi connectivity index (χ0n) is 15.5. The Morgan fingerprint density at radius 1 is 1.15 bits per heavy atom. The first-order chi connectivity index (χ1) is 13.2. The number of esters is 1. The number of hydrogen-bond donors (Lipinski definition) is 0. The van der Waals surface area contributed by atoms with E-state index >= 15 is 0 Å². The van der Waals surface area contributed by atoms with Gasteiger partial charge in [0.05, 0.1) is 18.9 Å². The molecule has 0 atom stereocenters. The minimum Gasteiger partial charge on any atom is -0.465 e. The van der Waals surface area contributed by atoms with Gasteiger partial charge in [-0.2, -0.15) is 5.10 Å². The molecule has 0 aliphatic carbocycles. The number of ether oxygens (including phenoxy) is 1. The van der Waals surface area contributed by atoms with Crippen molar-refractivity contribution in [2.75, 3.05) is 38.2 Å². The van der Waals surface area contributed by atoms with Crippen LogP contribution in [0.2, 0.25) is 0 Å². The summed E-state index contributed by atoms with van der Waals surface area (Å²) in [6.45, 7) is 4.52. The highest BCUT2D eigenvalue weighted by molar-refractivity contribution is 6.06. The van der Waals surface area contributed by atoms with Crippen molar-refractivity contribution in [3.63, 3.8) is 0 Å². The summed E-state index contributed by atoms with van der Waals surface area (Å²) in [6, 6.07) is 1.84. The number of carbonyl (C=O) groups excluding carboxylic acids is 1. The van der Waals surface area contributed by atoms with Gasteiger partial charge in [0.15, 0.2) is 0 Å². The molecule has 4 heterocycles. The molecule has 4 rings (SSSR count). The van der Waals surface area contributed by atoms with E-state index in [1.165, 1.54) is 12.7 Å². The van der Waals surface area contributed by atoms with Crippen LogP contribution in [0, 0.1) is 0 Å². The summed E-state index contributed by atoms with van der Waals surface area (Å²) in [5.41, 5.74) is 1.69. The monoisotopic (exact) mass is 366 g/mol. The van der Waals surface area contributed by atoms with Gasteiger partial charge >= 0.3 is 5.97 Å². The van der Waals surface area contributed by atoms with Gasteiger partial charge in [-0.25, -0.2) is 9.78 Å². The molecule has 0 saturated carbocycles. The Balaban J connectivity index is 1.53. The number of nitrogens with zero attached hydrogens (tertiary/aromatic N) is 6. The van der Waals surface area contributed by atoms with E-state index in [0.29, 0.717) is 5.56 Å². The molecule has 0 N–H and O–H groups in total. The van der Waals surface area contributed by atoms with Crippen molar-refractivity contribution in [2.24, 2.45) is 7.05 Å². The number of methoxy groups -OCH3 is 1. The van der Waals surface area contributed by atoms with Gasteiger partial charge in [-0.1, -0.05) is 0 Å². The third-order valence-electron chi connectivity index (χ3n) is 4.91. The van der Waals surface area contributed by atoms with Gasteiger partial charge in [0, 0.05) is 80.9 Å². The summed E-state index contributed by atoms with van der Waals surface area (Å²) in [5, 5.41) is 5.93. The average Bonchev–Trinajstić information content (AvgIpc) is 3.11. The fourth-order valence-corrected chi connectivity index (χ4v) is 3.53. The van der Waals surface area contributed by atoms with Crippen LogP contribution in [0.15, 0.2) is 37.1 Å². The molecule has 3 aromatic rings. The summed E-state index contributed by atoms with van der Waals surface area (Å²) >= 11 is 0. The van der Waals surface area contributed by atoms with Crippen molar-refractivity contribution in [1.82, 2.24) is 24.6 Å². The van der Waals surface area contributed by atoms with E-state index in [4.69, 9.17) is 4.74 Å². The SMILES string of the molecule is COC(=O)c1cncc2c(N3CCN(Cc4cnn(C)c4)CC3)nccc12. The summed E-state index contributed by atoms with van der Waals surface area (Å²) < 4.78 is 6.71. The highest BCUT2D eigenvalue weighted by atomic mass is 16.5. The maximum atomic E-state index is 12.0. The Kier molecular flexibility index (Phi) is 4.72. The smallest absolute Gasteiger partial charge is 0.340 e. The Bertz CT molecular complexity index is 962. The average molecular weight is 366 g/mol. The second-order valence-corrected chi connectivity index (χ2v) is 6.69. The molecule has 1 fully saturated rings. The van der Waals surface area contributed by atoms with Crippen LogP contribution in [-0.2, 0) is 18.3 Å². The first-order valence-corrected chi connectivity index (χ1v) is 8.91. The van der Waals surface area contributed by atoms with E-state index in [9.17, 15) is 4.79 Å². The zero-order valence-corrected chi connectivity index (χ0v) is 15.5. The minimum absolute atomic E-state index is 0.383. The molecule has 1 aliphatic rings. The number of pyridine rings is 2. The second kappa shape index (κ2) is 7.32. The lowest BCUT2D eigenvalue weighted by Gasteiger charge is -2.35. The fraction of sp³-hybridized carbons (Fsp3) is 0.368. The van der Waals surface area contributed by atoms with Crippen LogP contribution < -0.4 is 4.90 Å². The van der Waals surface area contributed by atoms with E-state index in [-0.39, 0.29) is 5.97 Å². The molecule has 0 unspecified atom stereocenters. The van der Waals surface area contributed by atoms with Crippen LogP contribution in [0.25, 0.3) is 10.8 Å². The van der Waals surface area contributed by atoms with E-state index < -0.39 is 0 Å². The Labute approximate surface area is 157 Å².